The Labute approximate surface area is 341 Å². The number of nitrogens with two attached hydrogens (primary N) is 2. The van der Waals surface area contributed by atoms with Gasteiger partial charge in [0.15, 0.2) is 0 Å². The van der Waals surface area contributed by atoms with Gasteiger partial charge in [-0.1, -0.05) is 146 Å². The van der Waals surface area contributed by atoms with Crippen LogP contribution >= 0.6 is 15.8 Å². The van der Waals surface area contributed by atoms with Crippen LogP contribution in [-0.2, 0) is 0 Å². The number of benzene rings is 8. The molecule has 8 aromatic rings. The molecular weight excluding hydrogens is 751 g/mol. The number of anilines is 4. The summed E-state index contributed by atoms with van der Waals surface area (Å²) in [6.45, 7) is 0. The third kappa shape index (κ3) is 8.31. The molecule has 0 atom stereocenters. The first-order valence-electron chi connectivity index (χ1n) is 18.9. The van der Waals surface area contributed by atoms with E-state index in [-0.39, 0.29) is 11.8 Å². The van der Waals surface area contributed by atoms with Crippen LogP contribution in [0.5, 0.6) is 0 Å². The summed E-state index contributed by atoms with van der Waals surface area (Å²) in [6.07, 6.45) is 0. The van der Waals surface area contributed by atoms with Gasteiger partial charge in [-0.2, -0.15) is 0 Å². The van der Waals surface area contributed by atoms with E-state index in [9.17, 15) is 9.59 Å². The zero-order valence-corrected chi connectivity index (χ0v) is 33.3. The van der Waals surface area contributed by atoms with Crippen molar-refractivity contribution in [2.24, 2.45) is 0 Å². The molecule has 8 rings (SSSR count). The van der Waals surface area contributed by atoms with Crippen LogP contribution in [0.4, 0.5) is 22.7 Å². The molecule has 0 heterocycles. The standard InChI is InChI=1S/C50H40N4O2P2/c51-35-27-31-37(32-28-35)53-49(55)43-23-13-25-45(57(39-15-5-1-6-16-39)40-17-7-2-8-18-40)47(43)48-44(50(56)54-38-33-29-36(52)30-34-38)24-14-26-46(48)58(41-19-9-3-10-20-41)42-21-11-4-12-22-42/h1-34H,51-52H2,(H,53,55)(H,54,56). The van der Waals surface area contributed by atoms with Crippen molar-refractivity contribution in [3.8, 4) is 11.1 Å². The van der Waals surface area contributed by atoms with E-state index in [2.05, 4.69) is 120 Å². The lowest BCUT2D eigenvalue weighted by atomic mass is 9.94. The SMILES string of the molecule is Nc1ccc(NC(=O)c2cccc(P(c3ccccc3)c3ccccc3)c2-c2c(C(=O)Nc3ccc(N)cc3)cccc2P(c2ccccc2)c2ccccc2)cc1. The molecule has 58 heavy (non-hydrogen) atoms. The van der Waals surface area contributed by atoms with Crippen molar-refractivity contribution in [1.82, 2.24) is 0 Å². The molecular formula is C50H40N4O2P2. The van der Waals surface area contributed by atoms with E-state index in [0.717, 1.165) is 31.8 Å². The molecule has 0 spiro atoms. The number of nitrogen functional groups attached to an aromatic ring is 2. The maximum absolute atomic E-state index is 14.9. The van der Waals surface area contributed by atoms with Gasteiger partial charge in [0, 0.05) is 45.0 Å². The smallest absolute Gasteiger partial charge is 0.256 e. The molecule has 0 aliphatic rings. The van der Waals surface area contributed by atoms with Crippen molar-refractivity contribution in [3.63, 3.8) is 0 Å². The minimum atomic E-state index is -1.25. The minimum absolute atomic E-state index is 0.304. The molecule has 0 bridgehead atoms. The summed E-state index contributed by atoms with van der Waals surface area (Å²) in [5, 5.41) is 12.6. The number of hydrogen-bond donors (Lipinski definition) is 4. The largest absolute Gasteiger partial charge is 0.399 e. The summed E-state index contributed by atoms with van der Waals surface area (Å²) in [5.74, 6) is -0.609. The minimum Gasteiger partial charge on any atom is -0.399 e. The van der Waals surface area contributed by atoms with Crippen LogP contribution in [0.15, 0.2) is 206 Å². The zero-order valence-electron chi connectivity index (χ0n) is 31.5. The summed E-state index contributed by atoms with van der Waals surface area (Å²) in [5.41, 5.74) is 16.7. The number of hydrogen-bond acceptors (Lipinski definition) is 4. The van der Waals surface area contributed by atoms with Crippen LogP contribution in [0.2, 0.25) is 0 Å². The molecule has 0 aliphatic heterocycles. The van der Waals surface area contributed by atoms with Crippen molar-refractivity contribution in [2.75, 3.05) is 22.1 Å². The lowest BCUT2D eigenvalue weighted by Gasteiger charge is -2.29. The van der Waals surface area contributed by atoms with Crippen LogP contribution in [0, 0.1) is 0 Å². The Morgan fingerprint density at radius 3 is 0.931 bits per heavy atom. The molecule has 0 aromatic heterocycles. The molecule has 6 nitrogen and oxygen atoms in total. The predicted molar refractivity (Wildman–Crippen MR) is 247 cm³/mol. The van der Waals surface area contributed by atoms with Crippen LogP contribution < -0.4 is 53.9 Å². The zero-order chi connectivity index (χ0) is 39.8. The molecule has 0 saturated heterocycles. The highest BCUT2D eigenvalue weighted by Crippen LogP contribution is 2.44. The van der Waals surface area contributed by atoms with Crippen molar-refractivity contribution >= 4 is 82.2 Å². The monoisotopic (exact) mass is 790 g/mol. The lowest BCUT2D eigenvalue weighted by Crippen LogP contribution is -2.30. The highest BCUT2D eigenvalue weighted by Gasteiger charge is 2.31. The molecule has 8 heteroatoms. The van der Waals surface area contributed by atoms with Gasteiger partial charge >= 0.3 is 0 Å². The number of rotatable bonds is 11. The topological polar surface area (TPSA) is 110 Å². The third-order valence-corrected chi connectivity index (χ3v) is 14.7. The van der Waals surface area contributed by atoms with E-state index in [1.54, 1.807) is 48.5 Å². The molecule has 0 saturated carbocycles. The third-order valence-electron chi connectivity index (χ3n) is 9.70. The second-order valence-electron chi connectivity index (χ2n) is 13.6. The van der Waals surface area contributed by atoms with Crippen molar-refractivity contribution < 1.29 is 9.59 Å². The Morgan fingerprint density at radius 2 is 0.638 bits per heavy atom. The summed E-state index contributed by atoms with van der Waals surface area (Å²) in [7, 11) is -2.51. The van der Waals surface area contributed by atoms with E-state index < -0.39 is 15.8 Å². The Kier molecular flexibility index (Phi) is 11.5. The number of carbonyl (C=O) groups is 2. The Hall–Kier alpha value is -6.84. The Bertz CT molecular complexity index is 2390. The normalized spacial score (nSPS) is 11.0. The van der Waals surface area contributed by atoms with Gasteiger partial charge < -0.3 is 22.1 Å². The van der Waals surface area contributed by atoms with E-state index >= 15 is 0 Å². The Morgan fingerprint density at radius 1 is 0.345 bits per heavy atom. The average Bonchev–Trinajstić information content (AvgIpc) is 3.27. The second-order valence-corrected chi connectivity index (χ2v) is 17.9. The van der Waals surface area contributed by atoms with E-state index in [4.69, 9.17) is 11.5 Å². The second kappa shape index (κ2) is 17.5. The van der Waals surface area contributed by atoms with E-state index in [0.29, 0.717) is 45.0 Å². The molecule has 0 fully saturated rings. The molecule has 6 N–H and O–H groups in total. The van der Waals surface area contributed by atoms with Gasteiger partial charge in [-0.25, -0.2) is 0 Å². The maximum Gasteiger partial charge on any atom is 0.256 e. The van der Waals surface area contributed by atoms with Gasteiger partial charge in [0.05, 0.1) is 0 Å². The molecule has 0 unspecified atom stereocenters. The number of nitrogens with one attached hydrogen (secondary N) is 2. The average molecular weight is 791 g/mol. The van der Waals surface area contributed by atoms with Gasteiger partial charge in [0.25, 0.3) is 11.8 Å². The van der Waals surface area contributed by atoms with E-state index in [1.165, 1.54) is 0 Å². The highest BCUT2D eigenvalue weighted by molar-refractivity contribution is 7.80. The summed E-state index contributed by atoms with van der Waals surface area (Å²) >= 11 is 0. The van der Waals surface area contributed by atoms with Crippen LogP contribution in [0.1, 0.15) is 20.7 Å². The van der Waals surface area contributed by atoms with E-state index in [1.807, 2.05) is 48.5 Å². The molecule has 0 aliphatic carbocycles. The highest BCUT2D eigenvalue weighted by atomic mass is 31.1. The first kappa shape index (κ1) is 38.1. The van der Waals surface area contributed by atoms with Gasteiger partial charge in [-0.15, -0.1) is 0 Å². The van der Waals surface area contributed by atoms with Gasteiger partial charge in [-0.05, 0) is 108 Å². The fraction of sp³-hybridized carbons (Fsp3) is 0. The molecule has 282 valence electrons. The maximum atomic E-state index is 14.9. The quantitative estimate of drug-likeness (QED) is 0.0778. The van der Waals surface area contributed by atoms with Crippen molar-refractivity contribution in [3.05, 3.63) is 217 Å². The van der Waals surface area contributed by atoms with Gasteiger partial charge in [-0.3, -0.25) is 9.59 Å². The summed E-state index contributed by atoms with van der Waals surface area (Å²) in [4.78, 5) is 29.8. The van der Waals surface area contributed by atoms with Gasteiger partial charge in [0.2, 0.25) is 0 Å². The van der Waals surface area contributed by atoms with Gasteiger partial charge in [0.1, 0.15) is 0 Å². The fourth-order valence-corrected chi connectivity index (χ4v) is 12.0. The van der Waals surface area contributed by atoms with Crippen LogP contribution in [0.25, 0.3) is 11.1 Å². The predicted octanol–water partition coefficient (Wildman–Crippen LogP) is 8.54. The van der Waals surface area contributed by atoms with Crippen molar-refractivity contribution in [2.45, 2.75) is 0 Å². The lowest BCUT2D eigenvalue weighted by molar-refractivity contribution is 0.101. The summed E-state index contributed by atoms with van der Waals surface area (Å²) in [6, 6.07) is 67.7. The van der Waals surface area contributed by atoms with Crippen LogP contribution in [0.3, 0.4) is 0 Å². The first-order chi connectivity index (χ1) is 28.4. The van der Waals surface area contributed by atoms with Crippen LogP contribution in [-0.4, -0.2) is 11.8 Å². The first-order valence-corrected chi connectivity index (χ1v) is 21.5. The fourth-order valence-electron chi connectivity index (χ4n) is 7.05. The molecule has 8 aromatic carbocycles. The Balaban J connectivity index is 1.46. The number of amides is 2. The summed E-state index contributed by atoms with van der Waals surface area (Å²) < 4.78 is 0. The molecule has 0 radical (unpaired) electrons. The number of carbonyl (C=O) groups excluding carboxylic acids is 2. The van der Waals surface area contributed by atoms with Crippen molar-refractivity contribution in [1.29, 1.82) is 0 Å². The molecule has 2 amide bonds.